The number of nitrogens with zero attached hydrogens (tertiary/aromatic N) is 4. The van der Waals surface area contributed by atoms with Crippen LogP contribution < -0.4 is 26.0 Å². The number of aliphatic hydroxyl groups is 5. The number of amides is 3. The second kappa shape index (κ2) is 12.5. The van der Waals surface area contributed by atoms with E-state index < -0.39 is 36.3 Å². The number of hydrogen-bond donors (Lipinski definition) is 9. The van der Waals surface area contributed by atoms with Gasteiger partial charge in [-0.3, -0.25) is 24.4 Å². The Balaban J connectivity index is 1.68. The Labute approximate surface area is 238 Å². The Hall–Kier alpha value is -4.68. The molecule has 1 aliphatic carbocycles. The minimum Gasteiger partial charge on any atom is -0.494 e. The minimum atomic E-state index is -3.54. The smallest absolute Gasteiger partial charge is 0.369 e. The van der Waals surface area contributed by atoms with Gasteiger partial charge in [0.05, 0.1) is 36.9 Å². The van der Waals surface area contributed by atoms with E-state index in [9.17, 15) is 34.8 Å². The highest BCUT2D eigenvalue weighted by atomic mass is 16.7. The van der Waals surface area contributed by atoms with Crippen LogP contribution in [0.2, 0.25) is 0 Å². The fraction of sp³-hybridized carbons (Fsp3) is 0.360. The molecule has 17 heteroatoms. The zero-order chi connectivity index (χ0) is 30.6. The molecular weight excluding hydrogens is 556 g/mol. The number of rotatable bonds is 12. The number of hydrogen-bond acceptors (Lipinski definition) is 13. The maximum Gasteiger partial charge on any atom is 0.369 e. The van der Waals surface area contributed by atoms with E-state index >= 15 is 0 Å². The summed E-state index contributed by atoms with van der Waals surface area (Å²) >= 11 is 0. The van der Waals surface area contributed by atoms with Crippen LogP contribution in [0.4, 0.5) is 17.2 Å². The molecule has 0 bridgehead atoms. The summed E-state index contributed by atoms with van der Waals surface area (Å²) in [6.45, 7) is -0.680. The van der Waals surface area contributed by atoms with E-state index in [1.54, 1.807) is 30.6 Å². The van der Waals surface area contributed by atoms with Gasteiger partial charge in [-0.1, -0.05) is 6.07 Å². The molecule has 3 aromatic rings. The second-order valence-corrected chi connectivity index (χ2v) is 9.44. The molecule has 1 unspecified atom stereocenters. The monoisotopic (exact) mass is 586 g/mol. The minimum absolute atomic E-state index is 0.0102. The standard InChI is InChI=1S/C25H30N8O9/c1-33-18(23(37)26-10-13(35)11-34)8-16(32-33)14-4-3-5-15(21(14)42-2)27-17-9-19(28-22(36)12-6-7-12)30-31-20(17)24(38)29-25(39,40)41/h3-5,8-9,12-13,34-35,39-41H,6-7,10-11H2,1-2H3,(H,26,37)(H,29,38)(H2,27,28,30,36). The zero-order valence-corrected chi connectivity index (χ0v) is 22.5. The number of aromatic nitrogens is 4. The van der Waals surface area contributed by atoms with Gasteiger partial charge in [0, 0.05) is 31.1 Å². The third-order valence-corrected chi connectivity index (χ3v) is 6.08. The molecule has 1 fully saturated rings. The Bertz CT molecular complexity index is 1480. The van der Waals surface area contributed by atoms with Crippen molar-refractivity contribution < 1.29 is 44.7 Å². The fourth-order valence-corrected chi connectivity index (χ4v) is 3.88. The lowest BCUT2D eigenvalue weighted by Gasteiger charge is -2.18. The maximum absolute atomic E-state index is 12.7. The molecule has 2 aromatic heterocycles. The van der Waals surface area contributed by atoms with Crippen molar-refractivity contribution in [3.63, 3.8) is 0 Å². The van der Waals surface area contributed by atoms with E-state index in [4.69, 9.17) is 9.84 Å². The number of aryl methyl sites for hydroxylation is 1. The summed E-state index contributed by atoms with van der Waals surface area (Å²) < 4.78 is 6.95. The summed E-state index contributed by atoms with van der Waals surface area (Å²) in [4.78, 5) is 37.5. The molecule has 9 N–H and O–H groups in total. The lowest BCUT2D eigenvalue weighted by molar-refractivity contribution is -0.323. The van der Waals surface area contributed by atoms with Gasteiger partial charge in [-0.15, -0.1) is 10.2 Å². The SMILES string of the molecule is COc1c(Nc2cc(NC(=O)C3CC3)nnc2C(=O)NC(O)(O)O)cccc1-c1cc(C(=O)NCC(O)CO)n(C)n1. The van der Waals surface area contributed by atoms with E-state index in [0.717, 1.165) is 12.8 Å². The average molecular weight is 587 g/mol. The van der Waals surface area contributed by atoms with Crippen LogP contribution >= 0.6 is 0 Å². The van der Waals surface area contributed by atoms with Crippen molar-refractivity contribution in [1.82, 2.24) is 30.6 Å². The van der Waals surface area contributed by atoms with Crippen molar-refractivity contribution in [1.29, 1.82) is 0 Å². The van der Waals surface area contributed by atoms with Crippen molar-refractivity contribution in [3.8, 4) is 17.0 Å². The summed E-state index contributed by atoms with van der Waals surface area (Å²) in [6.07, 6.45) is -3.18. The molecule has 1 atom stereocenters. The molecule has 3 amide bonds. The number of carbonyl (C=O) groups excluding carboxylic acids is 3. The predicted molar refractivity (Wildman–Crippen MR) is 144 cm³/mol. The van der Waals surface area contributed by atoms with E-state index in [1.165, 1.54) is 23.9 Å². The van der Waals surface area contributed by atoms with Crippen LogP contribution in [0.3, 0.4) is 0 Å². The summed E-state index contributed by atoms with van der Waals surface area (Å²) in [5.74, 6) is -1.93. The molecule has 17 nitrogen and oxygen atoms in total. The Morgan fingerprint density at radius 1 is 1.12 bits per heavy atom. The van der Waals surface area contributed by atoms with Crippen molar-refractivity contribution in [2.24, 2.45) is 13.0 Å². The predicted octanol–water partition coefficient (Wildman–Crippen LogP) is -1.62. The number of ether oxygens (including phenoxy) is 1. The van der Waals surface area contributed by atoms with Gasteiger partial charge in [-0.05, 0) is 31.0 Å². The van der Waals surface area contributed by atoms with Crippen molar-refractivity contribution in [2.75, 3.05) is 30.9 Å². The number of para-hydroxylation sites is 1. The first-order valence-electron chi connectivity index (χ1n) is 12.6. The third-order valence-electron chi connectivity index (χ3n) is 6.08. The Morgan fingerprint density at radius 3 is 2.50 bits per heavy atom. The summed E-state index contributed by atoms with van der Waals surface area (Å²) in [5, 5.41) is 67.8. The molecule has 0 spiro atoms. The summed E-state index contributed by atoms with van der Waals surface area (Å²) in [5.41, 5.74) is 0.696. The Morgan fingerprint density at radius 2 is 1.86 bits per heavy atom. The van der Waals surface area contributed by atoms with Gasteiger partial charge in [0.2, 0.25) is 5.91 Å². The highest BCUT2D eigenvalue weighted by molar-refractivity contribution is 6.00. The molecule has 0 aliphatic heterocycles. The molecule has 1 aromatic carbocycles. The molecule has 2 heterocycles. The van der Waals surface area contributed by atoms with E-state index in [-0.39, 0.29) is 47.0 Å². The molecule has 1 saturated carbocycles. The number of benzene rings is 1. The van der Waals surface area contributed by atoms with Crippen LogP contribution in [-0.4, -0.2) is 95.7 Å². The van der Waals surface area contributed by atoms with Gasteiger partial charge in [-0.2, -0.15) is 5.10 Å². The first kappa shape index (κ1) is 30.3. The normalized spacial score (nSPS) is 13.7. The first-order valence-corrected chi connectivity index (χ1v) is 12.6. The third kappa shape index (κ3) is 7.33. The van der Waals surface area contributed by atoms with Crippen molar-refractivity contribution >= 4 is 34.9 Å². The number of methoxy groups -OCH3 is 1. The van der Waals surface area contributed by atoms with Crippen molar-refractivity contribution in [3.05, 3.63) is 41.7 Å². The molecule has 0 saturated heterocycles. The van der Waals surface area contributed by atoms with E-state index in [0.29, 0.717) is 11.3 Å². The fourth-order valence-electron chi connectivity index (χ4n) is 3.88. The van der Waals surface area contributed by atoms with Gasteiger partial charge < -0.3 is 46.2 Å². The quantitative estimate of drug-likeness (QED) is 0.108. The average Bonchev–Trinajstić information content (AvgIpc) is 3.72. The van der Waals surface area contributed by atoms with Gasteiger partial charge in [-0.25, -0.2) is 0 Å². The van der Waals surface area contributed by atoms with Crippen LogP contribution in [0.25, 0.3) is 11.3 Å². The number of nitrogens with one attached hydrogen (secondary N) is 4. The largest absolute Gasteiger partial charge is 0.494 e. The van der Waals surface area contributed by atoms with Crippen LogP contribution in [0, 0.1) is 5.92 Å². The molecular formula is C25H30N8O9. The molecule has 1 aliphatic rings. The maximum atomic E-state index is 12.7. The summed E-state index contributed by atoms with van der Waals surface area (Å²) in [7, 11) is 2.93. The number of anilines is 3. The topological polar surface area (TPSA) is 253 Å². The Kier molecular flexibility index (Phi) is 8.98. The van der Waals surface area contributed by atoms with Gasteiger partial charge >= 0.3 is 6.10 Å². The number of aliphatic hydroxyl groups excluding tert-OH is 2. The second-order valence-electron chi connectivity index (χ2n) is 9.44. The van der Waals surface area contributed by atoms with Crippen LogP contribution in [0.15, 0.2) is 30.3 Å². The highest BCUT2D eigenvalue weighted by Crippen LogP contribution is 2.38. The van der Waals surface area contributed by atoms with Crippen LogP contribution in [-0.2, 0) is 11.8 Å². The number of carbonyl (C=O) groups is 3. The zero-order valence-electron chi connectivity index (χ0n) is 22.5. The highest BCUT2D eigenvalue weighted by Gasteiger charge is 2.31. The van der Waals surface area contributed by atoms with Crippen LogP contribution in [0.5, 0.6) is 5.75 Å². The van der Waals surface area contributed by atoms with Crippen molar-refractivity contribution in [2.45, 2.75) is 25.0 Å². The molecule has 0 radical (unpaired) electrons. The van der Waals surface area contributed by atoms with Gasteiger partial charge in [0.25, 0.3) is 11.8 Å². The lowest BCUT2D eigenvalue weighted by atomic mass is 10.1. The molecule has 4 rings (SSSR count). The van der Waals surface area contributed by atoms with E-state index in [1.807, 2.05) is 0 Å². The van der Waals surface area contributed by atoms with Gasteiger partial charge in [0.15, 0.2) is 17.3 Å². The van der Waals surface area contributed by atoms with E-state index in [2.05, 4.69) is 31.2 Å². The first-order chi connectivity index (χ1) is 19.9. The van der Waals surface area contributed by atoms with Crippen LogP contribution in [0.1, 0.15) is 33.8 Å². The lowest BCUT2D eigenvalue weighted by Crippen LogP contribution is -2.48. The molecule has 224 valence electrons. The summed E-state index contributed by atoms with van der Waals surface area (Å²) in [6, 6.07) is 7.68. The molecule has 42 heavy (non-hydrogen) atoms. The van der Waals surface area contributed by atoms with Gasteiger partial charge in [0.1, 0.15) is 5.69 Å².